The third-order valence-electron chi connectivity index (χ3n) is 4.85. The zero-order chi connectivity index (χ0) is 24.2. The van der Waals surface area contributed by atoms with E-state index in [-0.39, 0.29) is 23.2 Å². The van der Waals surface area contributed by atoms with Crippen molar-refractivity contribution in [3.8, 4) is 28.7 Å². The van der Waals surface area contributed by atoms with Crippen molar-refractivity contribution in [3.05, 3.63) is 59.7 Å². The maximum Gasteiger partial charge on any atom is 0.268 e. The maximum atomic E-state index is 14.2. The standard InChI is InChI=1S/C22H22FN5O5S/c1-4-18(31-15-7-8-17(24-10-15)20-26-21(12(2)3)32-28-20)22-25-19(27-33-22)13-5-6-14(11-34(29)30)16(23)9-13/h5-10,12,18H,4,11H2,1-3H3,(H,29,30)/p-1. The SMILES string of the molecule is CCC(Oc1ccc(-c2noc(C(C)C)n2)nc1)c1nc(-c2ccc(CS(=O)[O-])c(F)c2)no1. The lowest BCUT2D eigenvalue weighted by Crippen LogP contribution is -2.07. The molecular weight excluding hydrogens is 465 g/mol. The zero-order valence-electron chi connectivity index (χ0n) is 18.6. The van der Waals surface area contributed by atoms with Crippen LogP contribution in [0.3, 0.4) is 0 Å². The van der Waals surface area contributed by atoms with Gasteiger partial charge in [0, 0.05) is 17.2 Å². The molecule has 0 saturated carbocycles. The Bertz CT molecular complexity index is 1290. The fourth-order valence-corrected chi connectivity index (χ4v) is 3.53. The van der Waals surface area contributed by atoms with Crippen molar-refractivity contribution < 1.29 is 26.9 Å². The summed E-state index contributed by atoms with van der Waals surface area (Å²) in [6, 6.07) is 7.53. The Hall–Kier alpha value is -3.51. The van der Waals surface area contributed by atoms with E-state index in [0.29, 0.717) is 35.1 Å². The van der Waals surface area contributed by atoms with Gasteiger partial charge in [-0.05, 0) is 30.2 Å². The quantitative estimate of drug-likeness (QED) is 0.313. The summed E-state index contributed by atoms with van der Waals surface area (Å²) in [6.45, 7) is 5.80. The monoisotopic (exact) mass is 486 g/mol. The molecule has 0 aliphatic rings. The van der Waals surface area contributed by atoms with E-state index in [4.69, 9.17) is 13.8 Å². The molecule has 4 aromatic rings. The molecule has 0 saturated heterocycles. The van der Waals surface area contributed by atoms with E-state index >= 15 is 0 Å². The second-order valence-electron chi connectivity index (χ2n) is 7.72. The molecule has 1 aromatic carbocycles. The molecule has 178 valence electrons. The average Bonchev–Trinajstić information content (AvgIpc) is 3.49. The molecule has 12 heteroatoms. The van der Waals surface area contributed by atoms with Crippen LogP contribution in [-0.4, -0.2) is 34.0 Å². The van der Waals surface area contributed by atoms with Gasteiger partial charge in [-0.1, -0.05) is 54.3 Å². The summed E-state index contributed by atoms with van der Waals surface area (Å²) in [6.07, 6.45) is 1.50. The topological polar surface area (TPSA) is 140 Å². The molecule has 0 N–H and O–H groups in total. The molecule has 3 heterocycles. The third kappa shape index (κ3) is 5.34. The highest BCUT2D eigenvalue weighted by atomic mass is 32.2. The van der Waals surface area contributed by atoms with E-state index in [1.807, 2.05) is 20.8 Å². The minimum absolute atomic E-state index is 0.0627. The van der Waals surface area contributed by atoms with Crippen LogP contribution in [0, 0.1) is 5.82 Å². The van der Waals surface area contributed by atoms with Crippen molar-refractivity contribution in [1.82, 2.24) is 25.3 Å². The first-order valence-corrected chi connectivity index (χ1v) is 11.7. The second kappa shape index (κ2) is 10.2. The van der Waals surface area contributed by atoms with Crippen molar-refractivity contribution in [3.63, 3.8) is 0 Å². The fraction of sp³-hybridized carbons (Fsp3) is 0.318. The van der Waals surface area contributed by atoms with Crippen molar-refractivity contribution in [1.29, 1.82) is 0 Å². The summed E-state index contributed by atoms with van der Waals surface area (Å²) in [4.78, 5) is 13.0. The van der Waals surface area contributed by atoms with Gasteiger partial charge in [-0.3, -0.25) is 4.21 Å². The smallest absolute Gasteiger partial charge is 0.268 e. The Kier molecular flexibility index (Phi) is 7.08. The lowest BCUT2D eigenvalue weighted by atomic mass is 10.1. The number of pyridine rings is 1. The first-order chi connectivity index (χ1) is 16.3. The van der Waals surface area contributed by atoms with E-state index in [0.717, 1.165) is 0 Å². The van der Waals surface area contributed by atoms with E-state index in [9.17, 15) is 13.2 Å². The Labute approximate surface area is 196 Å². The Morgan fingerprint density at radius 1 is 1.09 bits per heavy atom. The summed E-state index contributed by atoms with van der Waals surface area (Å²) in [7, 11) is 0. The van der Waals surface area contributed by atoms with Gasteiger partial charge in [-0.15, -0.1) is 0 Å². The maximum absolute atomic E-state index is 14.2. The first kappa shape index (κ1) is 23.6. The van der Waals surface area contributed by atoms with Crippen LogP contribution < -0.4 is 4.74 Å². The number of rotatable bonds is 9. The van der Waals surface area contributed by atoms with Crippen LogP contribution in [-0.2, 0) is 16.8 Å². The normalized spacial score (nSPS) is 13.2. The summed E-state index contributed by atoms with van der Waals surface area (Å²) >= 11 is -2.39. The molecule has 0 spiro atoms. The number of aromatic nitrogens is 5. The highest BCUT2D eigenvalue weighted by Gasteiger charge is 2.21. The van der Waals surface area contributed by atoms with Crippen molar-refractivity contribution in [2.24, 2.45) is 0 Å². The molecule has 0 aliphatic heterocycles. The van der Waals surface area contributed by atoms with Gasteiger partial charge in [-0.2, -0.15) is 9.97 Å². The lowest BCUT2D eigenvalue weighted by Gasteiger charge is -2.13. The minimum Gasteiger partial charge on any atom is -0.772 e. The Morgan fingerprint density at radius 2 is 1.82 bits per heavy atom. The molecule has 0 aliphatic carbocycles. The molecule has 34 heavy (non-hydrogen) atoms. The molecule has 10 nitrogen and oxygen atoms in total. The van der Waals surface area contributed by atoms with Gasteiger partial charge < -0.3 is 18.3 Å². The fourth-order valence-electron chi connectivity index (χ4n) is 3.04. The van der Waals surface area contributed by atoms with Gasteiger partial charge in [0.15, 0.2) is 6.10 Å². The van der Waals surface area contributed by atoms with Crippen molar-refractivity contribution in [2.45, 2.75) is 45.0 Å². The van der Waals surface area contributed by atoms with E-state index in [1.165, 1.54) is 24.4 Å². The molecule has 3 aromatic heterocycles. The van der Waals surface area contributed by atoms with E-state index in [2.05, 4.69) is 25.3 Å². The lowest BCUT2D eigenvalue weighted by molar-refractivity contribution is 0.154. The van der Waals surface area contributed by atoms with Crippen molar-refractivity contribution in [2.75, 3.05) is 0 Å². The zero-order valence-corrected chi connectivity index (χ0v) is 19.4. The number of ether oxygens (including phenoxy) is 1. The predicted octanol–water partition coefficient (Wildman–Crippen LogP) is 4.35. The second-order valence-corrected chi connectivity index (χ2v) is 8.61. The molecular formula is C22H21FN5O5S-. The molecule has 0 bridgehead atoms. The molecule has 2 atom stereocenters. The van der Waals surface area contributed by atoms with Crippen LogP contribution in [0.1, 0.15) is 56.6 Å². The average molecular weight is 487 g/mol. The van der Waals surface area contributed by atoms with Gasteiger partial charge in [0.25, 0.3) is 5.89 Å². The molecule has 2 unspecified atom stereocenters. The van der Waals surface area contributed by atoms with Crippen LogP contribution in [0.2, 0.25) is 0 Å². The molecule has 0 radical (unpaired) electrons. The van der Waals surface area contributed by atoms with Crippen molar-refractivity contribution >= 4 is 11.1 Å². The molecule has 4 rings (SSSR count). The first-order valence-electron chi connectivity index (χ1n) is 10.5. The highest BCUT2D eigenvalue weighted by molar-refractivity contribution is 7.78. The number of hydrogen-bond donors (Lipinski definition) is 0. The van der Waals surface area contributed by atoms with E-state index in [1.54, 1.807) is 12.1 Å². The largest absolute Gasteiger partial charge is 0.772 e. The Balaban J connectivity index is 1.47. The highest BCUT2D eigenvalue weighted by Crippen LogP contribution is 2.27. The predicted molar refractivity (Wildman–Crippen MR) is 118 cm³/mol. The van der Waals surface area contributed by atoms with Gasteiger partial charge in [-0.25, -0.2) is 9.37 Å². The minimum atomic E-state index is -2.39. The van der Waals surface area contributed by atoms with Crippen LogP contribution in [0.4, 0.5) is 4.39 Å². The number of hydrogen-bond acceptors (Lipinski definition) is 10. The number of benzene rings is 1. The van der Waals surface area contributed by atoms with E-state index < -0.39 is 28.8 Å². The molecule has 0 fully saturated rings. The third-order valence-corrected chi connectivity index (χ3v) is 5.40. The van der Waals surface area contributed by atoms with Crippen LogP contribution in [0.15, 0.2) is 45.6 Å². The van der Waals surface area contributed by atoms with Crippen LogP contribution in [0.5, 0.6) is 5.75 Å². The number of halogens is 1. The van der Waals surface area contributed by atoms with Gasteiger partial charge in [0.2, 0.25) is 17.5 Å². The summed E-state index contributed by atoms with van der Waals surface area (Å²) in [5, 5.41) is 7.84. The number of nitrogens with zero attached hydrogens (tertiary/aromatic N) is 5. The molecule has 0 amide bonds. The van der Waals surface area contributed by atoms with Crippen LogP contribution in [0.25, 0.3) is 22.9 Å². The van der Waals surface area contributed by atoms with Gasteiger partial charge in [0.1, 0.15) is 17.3 Å². The van der Waals surface area contributed by atoms with Crippen LogP contribution >= 0.6 is 0 Å². The Morgan fingerprint density at radius 3 is 2.44 bits per heavy atom. The summed E-state index contributed by atoms with van der Waals surface area (Å²) in [5.41, 5.74) is 0.963. The summed E-state index contributed by atoms with van der Waals surface area (Å²) in [5.74, 6) is 0.825. The van der Waals surface area contributed by atoms with Gasteiger partial charge in [0.05, 0.1) is 6.20 Å². The summed E-state index contributed by atoms with van der Waals surface area (Å²) < 4.78 is 52.3. The van der Waals surface area contributed by atoms with Gasteiger partial charge >= 0.3 is 0 Å².